The van der Waals surface area contributed by atoms with Crippen molar-refractivity contribution in [2.24, 2.45) is 0 Å². The van der Waals surface area contributed by atoms with Crippen molar-refractivity contribution in [1.82, 2.24) is 15.4 Å². The molecule has 2 aliphatic heterocycles. The van der Waals surface area contributed by atoms with Gasteiger partial charge in [0, 0.05) is 31.6 Å². The first-order chi connectivity index (χ1) is 11.0. The summed E-state index contributed by atoms with van der Waals surface area (Å²) in [5, 5.41) is 6.78. The number of morpholine rings is 1. The van der Waals surface area contributed by atoms with E-state index in [1.807, 2.05) is 18.7 Å². The van der Waals surface area contributed by atoms with Crippen molar-refractivity contribution in [3.63, 3.8) is 0 Å². The van der Waals surface area contributed by atoms with E-state index in [9.17, 15) is 9.59 Å². The number of aromatic nitrogens is 1. The molecule has 0 bridgehead atoms. The van der Waals surface area contributed by atoms with Gasteiger partial charge in [0.15, 0.2) is 0 Å². The number of piperidine rings is 1. The van der Waals surface area contributed by atoms with Gasteiger partial charge in [0.2, 0.25) is 11.8 Å². The summed E-state index contributed by atoms with van der Waals surface area (Å²) < 4.78 is 10.9. The van der Waals surface area contributed by atoms with Crippen LogP contribution in [0.5, 0.6) is 0 Å². The van der Waals surface area contributed by atoms with Crippen LogP contribution in [0.2, 0.25) is 0 Å². The van der Waals surface area contributed by atoms with E-state index in [0.29, 0.717) is 32.5 Å². The minimum Gasteiger partial charge on any atom is -0.363 e. The lowest BCUT2D eigenvalue weighted by atomic mass is 9.89. The highest BCUT2D eigenvalue weighted by Crippen LogP contribution is 2.28. The standard InChI is InChI=1S/C16H23N3O4/c1-11-13(12(2)23-18-11)3-4-15(21)19-7-5-16(6-8-19)10-17-14(20)9-22-16/h3-10H2,1-2H3,(H,17,20). The van der Waals surface area contributed by atoms with Gasteiger partial charge in [0.25, 0.3) is 0 Å². The highest BCUT2D eigenvalue weighted by molar-refractivity contribution is 5.78. The summed E-state index contributed by atoms with van der Waals surface area (Å²) in [6.07, 6.45) is 2.66. The topological polar surface area (TPSA) is 84.7 Å². The van der Waals surface area contributed by atoms with Crippen molar-refractivity contribution in [3.05, 3.63) is 17.0 Å². The molecule has 0 atom stereocenters. The van der Waals surface area contributed by atoms with Crippen LogP contribution < -0.4 is 5.32 Å². The fourth-order valence-corrected chi connectivity index (χ4v) is 3.31. The van der Waals surface area contributed by atoms with Gasteiger partial charge in [-0.25, -0.2) is 0 Å². The fourth-order valence-electron chi connectivity index (χ4n) is 3.31. The molecular formula is C16H23N3O4. The molecule has 1 aromatic rings. The van der Waals surface area contributed by atoms with Crippen molar-refractivity contribution >= 4 is 11.8 Å². The smallest absolute Gasteiger partial charge is 0.246 e. The Kier molecular flexibility index (Phi) is 4.39. The van der Waals surface area contributed by atoms with Crippen molar-refractivity contribution in [2.45, 2.75) is 45.1 Å². The normalized spacial score (nSPS) is 20.6. The second kappa shape index (κ2) is 6.31. The zero-order valence-electron chi connectivity index (χ0n) is 13.7. The minimum absolute atomic E-state index is 0.0615. The number of hydrogen-bond acceptors (Lipinski definition) is 5. The van der Waals surface area contributed by atoms with Crippen molar-refractivity contribution < 1.29 is 18.8 Å². The molecular weight excluding hydrogens is 298 g/mol. The molecule has 0 aromatic carbocycles. The lowest BCUT2D eigenvalue weighted by Crippen LogP contribution is -2.58. The zero-order valence-corrected chi connectivity index (χ0v) is 13.7. The molecule has 2 amide bonds. The number of carbonyl (C=O) groups excluding carboxylic acids is 2. The van der Waals surface area contributed by atoms with E-state index in [1.54, 1.807) is 0 Å². The average Bonchev–Trinajstić information content (AvgIpc) is 2.87. The van der Waals surface area contributed by atoms with E-state index in [0.717, 1.165) is 29.9 Å². The molecule has 2 aliphatic rings. The lowest BCUT2D eigenvalue weighted by Gasteiger charge is -2.43. The summed E-state index contributed by atoms with van der Waals surface area (Å²) in [4.78, 5) is 25.5. The van der Waals surface area contributed by atoms with Crippen LogP contribution in [0.25, 0.3) is 0 Å². The van der Waals surface area contributed by atoms with Gasteiger partial charge < -0.3 is 19.5 Å². The molecule has 0 unspecified atom stereocenters. The molecule has 3 rings (SSSR count). The Bertz CT molecular complexity index is 571. The van der Waals surface area contributed by atoms with Crippen LogP contribution in [0.1, 0.15) is 36.3 Å². The second-order valence-electron chi connectivity index (χ2n) is 6.43. The number of hydrogen-bond donors (Lipinski definition) is 1. The van der Waals surface area contributed by atoms with Gasteiger partial charge in [-0.15, -0.1) is 0 Å². The molecule has 0 radical (unpaired) electrons. The van der Waals surface area contributed by atoms with Gasteiger partial charge in [-0.2, -0.15) is 0 Å². The van der Waals surface area contributed by atoms with Gasteiger partial charge in [0.05, 0.1) is 11.3 Å². The second-order valence-corrected chi connectivity index (χ2v) is 6.43. The van der Waals surface area contributed by atoms with Gasteiger partial charge in [-0.05, 0) is 33.1 Å². The van der Waals surface area contributed by atoms with Crippen LogP contribution in [0.4, 0.5) is 0 Å². The Morgan fingerprint density at radius 3 is 2.65 bits per heavy atom. The van der Waals surface area contributed by atoms with Crippen LogP contribution in [0.3, 0.4) is 0 Å². The minimum atomic E-state index is -0.285. The van der Waals surface area contributed by atoms with Crippen LogP contribution in [-0.2, 0) is 20.7 Å². The van der Waals surface area contributed by atoms with Crippen molar-refractivity contribution in [1.29, 1.82) is 0 Å². The summed E-state index contributed by atoms with van der Waals surface area (Å²) in [7, 11) is 0. The van der Waals surface area contributed by atoms with E-state index in [2.05, 4.69) is 10.5 Å². The third-order valence-electron chi connectivity index (χ3n) is 4.91. The molecule has 7 heteroatoms. The number of aryl methyl sites for hydroxylation is 2. The fraction of sp³-hybridized carbons (Fsp3) is 0.688. The van der Waals surface area contributed by atoms with Gasteiger partial charge in [-0.1, -0.05) is 5.16 Å². The zero-order chi connectivity index (χ0) is 16.4. The van der Waals surface area contributed by atoms with Gasteiger partial charge >= 0.3 is 0 Å². The summed E-state index contributed by atoms with van der Waals surface area (Å²) in [6.45, 7) is 5.80. The first-order valence-electron chi connectivity index (χ1n) is 8.09. The SMILES string of the molecule is Cc1noc(C)c1CCC(=O)N1CCC2(CC1)CNC(=O)CO2. The third kappa shape index (κ3) is 3.39. The predicted molar refractivity (Wildman–Crippen MR) is 81.8 cm³/mol. The number of nitrogens with zero attached hydrogens (tertiary/aromatic N) is 2. The number of likely N-dealkylation sites (tertiary alicyclic amines) is 1. The maximum Gasteiger partial charge on any atom is 0.246 e. The number of ether oxygens (including phenoxy) is 1. The maximum absolute atomic E-state index is 12.4. The summed E-state index contributed by atoms with van der Waals surface area (Å²) in [5.74, 6) is 0.882. The Labute approximate surface area is 135 Å². The van der Waals surface area contributed by atoms with E-state index in [1.165, 1.54) is 0 Å². The molecule has 1 aromatic heterocycles. The van der Waals surface area contributed by atoms with Gasteiger partial charge in [-0.3, -0.25) is 9.59 Å². The molecule has 23 heavy (non-hydrogen) atoms. The van der Waals surface area contributed by atoms with Crippen LogP contribution in [-0.4, -0.2) is 53.7 Å². The van der Waals surface area contributed by atoms with Crippen LogP contribution in [0.15, 0.2) is 4.52 Å². The van der Waals surface area contributed by atoms with Crippen LogP contribution in [0, 0.1) is 13.8 Å². The summed E-state index contributed by atoms with van der Waals surface area (Å²) >= 11 is 0. The molecule has 3 heterocycles. The highest BCUT2D eigenvalue weighted by atomic mass is 16.5. The first kappa shape index (κ1) is 16.0. The van der Waals surface area contributed by atoms with E-state index < -0.39 is 0 Å². The van der Waals surface area contributed by atoms with E-state index in [4.69, 9.17) is 9.26 Å². The molecule has 0 aliphatic carbocycles. The third-order valence-corrected chi connectivity index (χ3v) is 4.91. The molecule has 2 fully saturated rings. The van der Waals surface area contributed by atoms with Crippen molar-refractivity contribution in [2.75, 3.05) is 26.2 Å². The molecule has 126 valence electrons. The van der Waals surface area contributed by atoms with Crippen LogP contribution >= 0.6 is 0 Å². The summed E-state index contributed by atoms with van der Waals surface area (Å²) in [5.41, 5.74) is 1.61. The Morgan fingerprint density at radius 1 is 1.35 bits per heavy atom. The molecule has 7 nitrogen and oxygen atoms in total. The number of carbonyl (C=O) groups is 2. The molecule has 1 spiro atoms. The molecule has 1 N–H and O–H groups in total. The largest absolute Gasteiger partial charge is 0.363 e. The first-order valence-corrected chi connectivity index (χ1v) is 8.09. The van der Waals surface area contributed by atoms with E-state index >= 15 is 0 Å². The number of amides is 2. The number of rotatable bonds is 3. The van der Waals surface area contributed by atoms with Crippen molar-refractivity contribution in [3.8, 4) is 0 Å². The van der Waals surface area contributed by atoms with E-state index in [-0.39, 0.29) is 24.0 Å². The molecule has 2 saturated heterocycles. The highest BCUT2D eigenvalue weighted by Gasteiger charge is 2.39. The molecule has 0 saturated carbocycles. The quantitative estimate of drug-likeness (QED) is 0.887. The summed E-state index contributed by atoms with van der Waals surface area (Å²) in [6, 6.07) is 0. The predicted octanol–water partition coefficient (Wildman–Crippen LogP) is 0.732. The Hall–Kier alpha value is -1.89. The average molecular weight is 321 g/mol. The Morgan fingerprint density at radius 2 is 2.09 bits per heavy atom. The monoisotopic (exact) mass is 321 g/mol. The Balaban J connectivity index is 1.49. The van der Waals surface area contributed by atoms with Gasteiger partial charge in [0.1, 0.15) is 12.4 Å². The maximum atomic E-state index is 12.4. The number of nitrogens with one attached hydrogen (secondary N) is 1. The lowest BCUT2D eigenvalue weighted by molar-refractivity contribution is -0.154.